The second kappa shape index (κ2) is 10.1. The number of ether oxygens (including phenoxy) is 1. The number of benzene rings is 2. The summed E-state index contributed by atoms with van der Waals surface area (Å²) in [7, 11) is 0. The molecule has 1 N–H and O–H groups in total. The maximum absolute atomic E-state index is 13.5. The average Bonchev–Trinajstić information content (AvgIpc) is 2.84. The molecule has 172 valence electrons. The Morgan fingerprint density at radius 3 is 2.29 bits per heavy atom. The van der Waals surface area contributed by atoms with Gasteiger partial charge in [-0.3, -0.25) is 14.6 Å². The smallest absolute Gasteiger partial charge is 0.275 e. The zero-order valence-electron chi connectivity index (χ0n) is 18.3. The lowest BCUT2D eigenvalue weighted by Gasteiger charge is -2.16. The highest BCUT2D eigenvalue weighted by Crippen LogP contribution is 2.24. The van der Waals surface area contributed by atoms with Crippen LogP contribution in [0.25, 0.3) is 11.3 Å². The molecule has 0 unspecified atom stereocenters. The number of hydrogen-bond acceptors (Lipinski definition) is 4. The second-order valence-electron chi connectivity index (χ2n) is 7.52. The predicted molar refractivity (Wildman–Crippen MR) is 125 cm³/mol. The highest BCUT2D eigenvalue weighted by molar-refractivity contribution is 5.90. The Kier molecular flexibility index (Phi) is 6.77. The molecule has 8 heteroatoms. The van der Waals surface area contributed by atoms with Crippen LogP contribution < -0.4 is 15.6 Å². The van der Waals surface area contributed by atoms with Crippen molar-refractivity contribution in [2.24, 2.45) is 0 Å². The maximum Gasteiger partial charge on any atom is 0.275 e. The van der Waals surface area contributed by atoms with Crippen molar-refractivity contribution in [1.82, 2.24) is 9.55 Å². The molecule has 2 heterocycles. The normalized spacial score (nSPS) is 10.7. The van der Waals surface area contributed by atoms with E-state index >= 15 is 0 Å². The number of carbonyl (C=O) groups is 1. The van der Waals surface area contributed by atoms with Crippen molar-refractivity contribution in [1.29, 1.82) is 0 Å². The molecule has 0 bridgehead atoms. The van der Waals surface area contributed by atoms with Gasteiger partial charge in [0.1, 0.15) is 28.8 Å². The van der Waals surface area contributed by atoms with Crippen LogP contribution in [-0.4, -0.2) is 15.5 Å². The van der Waals surface area contributed by atoms with Gasteiger partial charge in [0.25, 0.3) is 5.56 Å². The standard InChI is InChI=1S/C26H21F2N3O3/c1-2-25(32)30-23-11-12-24(18-3-5-19(27)6-4-18)31(26(23)33)16-17-13-22(15-29-14-17)34-21-9-7-20(28)8-10-21/h3-15H,2,16H2,1H3,(H,30,32). The summed E-state index contributed by atoms with van der Waals surface area (Å²) >= 11 is 0. The van der Waals surface area contributed by atoms with Gasteiger partial charge in [-0.1, -0.05) is 6.92 Å². The second-order valence-corrected chi connectivity index (χ2v) is 7.52. The summed E-state index contributed by atoms with van der Waals surface area (Å²) < 4.78 is 33.8. The molecule has 0 saturated heterocycles. The molecule has 0 aliphatic rings. The monoisotopic (exact) mass is 461 g/mol. The van der Waals surface area contributed by atoms with Crippen molar-refractivity contribution in [2.75, 3.05) is 5.32 Å². The van der Waals surface area contributed by atoms with Crippen LogP contribution in [0, 0.1) is 11.6 Å². The van der Waals surface area contributed by atoms with Crippen molar-refractivity contribution < 1.29 is 18.3 Å². The largest absolute Gasteiger partial charge is 0.456 e. The van der Waals surface area contributed by atoms with Gasteiger partial charge in [-0.2, -0.15) is 0 Å². The Balaban J connectivity index is 1.71. The van der Waals surface area contributed by atoms with Crippen molar-refractivity contribution in [3.05, 3.63) is 107 Å². The number of hydrogen-bond donors (Lipinski definition) is 1. The molecule has 0 aliphatic heterocycles. The molecule has 0 fully saturated rings. The topological polar surface area (TPSA) is 73.2 Å². The molecule has 4 rings (SSSR count). The summed E-state index contributed by atoms with van der Waals surface area (Å²) in [6.45, 7) is 1.81. The number of nitrogens with one attached hydrogen (secondary N) is 1. The molecule has 0 aliphatic carbocycles. The molecule has 1 amide bonds. The van der Waals surface area contributed by atoms with Gasteiger partial charge in [-0.15, -0.1) is 0 Å². The van der Waals surface area contributed by atoms with E-state index in [9.17, 15) is 18.4 Å². The van der Waals surface area contributed by atoms with Crippen molar-refractivity contribution in [3.8, 4) is 22.8 Å². The minimum Gasteiger partial charge on any atom is -0.456 e. The average molecular weight is 461 g/mol. The van der Waals surface area contributed by atoms with Gasteiger partial charge in [0.2, 0.25) is 5.91 Å². The Morgan fingerprint density at radius 1 is 0.941 bits per heavy atom. The minimum absolute atomic E-state index is 0.120. The first-order valence-corrected chi connectivity index (χ1v) is 10.6. The Labute approximate surface area is 194 Å². The predicted octanol–water partition coefficient (Wildman–Crippen LogP) is 5.38. The third-order valence-corrected chi connectivity index (χ3v) is 5.07. The zero-order valence-corrected chi connectivity index (χ0v) is 18.3. The van der Waals surface area contributed by atoms with Crippen LogP contribution in [0.15, 0.2) is 83.9 Å². The van der Waals surface area contributed by atoms with E-state index in [-0.39, 0.29) is 36.2 Å². The number of rotatable bonds is 7. The zero-order chi connectivity index (χ0) is 24.1. The van der Waals surface area contributed by atoms with E-state index in [2.05, 4.69) is 10.3 Å². The van der Waals surface area contributed by atoms with Crippen molar-refractivity contribution >= 4 is 11.6 Å². The van der Waals surface area contributed by atoms with E-state index in [0.717, 1.165) is 0 Å². The lowest BCUT2D eigenvalue weighted by molar-refractivity contribution is -0.115. The van der Waals surface area contributed by atoms with Crippen molar-refractivity contribution in [2.45, 2.75) is 19.9 Å². The molecule has 0 saturated carbocycles. The van der Waals surface area contributed by atoms with Crippen LogP contribution >= 0.6 is 0 Å². The lowest BCUT2D eigenvalue weighted by Crippen LogP contribution is -2.27. The first kappa shape index (κ1) is 22.8. The molecular weight excluding hydrogens is 440 g/mol. The summed E-state index contributed by atoms with van der Waals surface area (Å²) in [6, 6.07) is 16.3. The maximum atomic E-state index is 13.5. The number of halogens is 2. The summed E-state index contributed by atoms with van der Waals surface area (Å²) in [4.78, 5) is 29.4. The van der Waals surface area contributed by atoms with Crippen LogP contribution in [0.2, 0.25) is 0 Å². The third-order valence-electron chi connectivity index (χ3n) is 5.07. The number of amides is 1. The molecule has 0 atom stereocenters. The van der Waals surface area contributed by atoms with Crippen LogP contribution in [-0.2, 0) is 11.3 Å². The van der Waals surface area contributed by atoms with E-state index < -0.39 is 5.56 Å². The quantitative estimate of drug-likeness (QED) is 0.401. The number of pyridine rings is 2. The molecule has 2 aromatic heterocycles. The van der Waals surface area contributed by atoms with Gasteiger partial charge < -0.3 is 14.6 Å². The highest BCUT2D eigenvalue weighted by atomic mass is 19.1. The molecule has 0 spiro atoms. The highest BCUT2D eigenvalue weighted by Gasteiger charge is 2.14. The Morgan fingerprint density at radius 2 is 1.62 bits per heavy atom. The lowest BCUT2D eigenvalue weighted by atomic mass is 10.1. The summed E-state index contributed by atoms with van der Waals surface area (Å²) in [5.41, 5.74) is 1.57. The van der Waals surface area contributed by atoms with Gasteiger partial charge in [0.15, 0.2) is 0 Å². The van der Waals surface area contributed by atoms with E-state index in [0.29, 0.717) is 28.3 Å². The van der Waals surface area contributed by atoms with E-state index in [1.165, 1.54) is 53.2 Å². The SMILES string of the molecule is CCC(=O)Nc1ccc(-c2ccc(F)cc2)n(Cc2cncc(Oc3ccc(F)cc3)c2)c1=O. The van der Waals surface area contributed by atoms with Gasteiger partial charge in [-0.05, 0) is 77.9 Å². The van der Waals surface area contributed by atoms with Gasteiger partial charge >= 0.3 is 0 Å². The van der Waals surface area contributed by atoms with Crippen LogP contribution in [0.1, 0.15) is 18.9 Å². The van der Waals surface area contributed by atoms with Gasteiger partial charge in [-0.25, -0.2) is 8.78 Å². The van der Waals surface area contributed by atoms with Gasteiger partial charge in [0.05, 0.1) is 18.4 Å². The number of aromatic nitrogens is 2. The fourth-order valence-electron chi connectivity index (χ4n) is 3.37. The summed E-state index contributed by atoms with van der Waals surface area (Å²) in [5, 5.41) is 2.62. The van der Waals surface area contributed by atoms with E-state index in [4.69, 9.17) is 4.74 Å². The molecular formula is C26H21F2N3O3. The van der Waals surface area contributed by atoms with Crippen molar-refractivity contribution in [3.63, 3.8) is 0 Å². The molecule has 4 aromatic rings. The molecule has 2 aromatic carbocycles. The third kappa shape index (κ3) is 5.35. The van der Waals surface area contributed by atoms with Gasteiger partial charge in [0, 0.05) is 12.6 Å². The number of nitrogens with zero attached hydrogens (tertiary/aromatic N) is 2. The van der Waals surface area contributed by atoms with Crippen LogP contribution in [0.5, 0.6) is 11.5 Å². The van der Waals surface area contributed by atoms with Crippen LogP contribution in [0.4, 0.5) is 14.5 Å². The first-order chi connectivity index (χ1) is 16.4. The number of carbonyl (C=O) groups excluding carboxylic acids is 1. The summed E-state index contributed by atoms with van der Waals surface area (Å²) in [6.07, 6.45) is 3.33. The van der Waals surface area contributed by atoms with E-state index in [1.807, 2.05) is 0 Å². The Bertz CT molecular complexity index is 1370. The first-order valence-electron chi connectivity index (χ1n) is 10.6. The Hall–Kier alpha value is -4.33. The summed E-state index contributed by atoms with van der Waals surface area (Å²) in [5.74, 6) is -0.194. The molecule has 6 nitrogen and oxygen atoms in total. The van der Waals surface area contributed by atoms with Crippen LogP contribution in [0.3, 0.4) is 0 Å². The molecule has 34 heavy (non-hydrogen) atoms. The fraction of sp³-hybridized carbons (Fsp3) is 0.115. The minimum atomic E-state index is -0.409. The van der Waals surface area contributed by atoms with E-state index in [1.54, 1.807) is 37.4 Å². The number of anilines is 1. The fourth-order valence-corrected chi connectivity index (χ4v) is 3.37. The molecule has 0 radical (unpaired) electrons.